The molecule has 0 N–H and O–H groups in total. The number of carbonyl (C=O) groups excluding carboxylic acids is 1. The van der Waals surface area contributed by atoms with Gasteiger partial charge in [-0.2, -0.15) is 5.26 Å². The van der Waals surface area contributed by atoms with Gasteiger partial charge in [-0.3, -0.25) is 0 Å². The van der Waals surface area contributed by atoms with Crippen LogP contribution in [0.2, 0.25) is 0 Å². The first kappa shape index (κ1) is 12.1. The third-order valence-corrected chi connectivity index (χ3v) is 2.12. The molecule has 4 heteroatoms. The zero-order chi connectivity index (χ0) is 12.0. The van der Waals surface area contributed by atoms with Crippen LogP contribution in [0.25, 0.3) is 5.57 Å². The van der Waals surface area contributed by atoms with Crippen LogP contribution in [0.15, 0.2) is 28.4 Å². The van der Waals surface area contributed by atoms with E-state index in [9.17, 15) is 4.79 Å². The molecule has 0 aliphatic heterocycles. The van der Waals surface area contributed by atoms with E-state index in [1.165, 1.54) is 13.4 Å². The fraction of sp³-hybridized carbons (Fsp3) is 0.333. The van der Waals surface area contributed by atoms with Crippen molar-refractivity contribution in [2.75, 3.05) is 7.11 Å². The van der Waals surface area contributed by atoms with Gasteiger partial charge in [-0.05, 0) is 18.6 Å². The molecule has 0 aliphatic rings. The van der Waals surface area contributed by atoms with E-state index < -0.39 is 5.97 Å². The Morgan fingerprint density at radius 3 is 2.81 bits per heavy atom. The van der Waals surface area contributed by atoms with Crippen LogP contribution in [-0.4, -0.2) is 13.1 Å². The predicted octanol–water partition coefficient (Wildman–Crippen LogP) is 2.53. The van der Waals surface area contributed by atoms with Gasteiger partial charge in [0, 0.05) is 5.57 Å². The minimum Gasteiger partial charge on any atom is -0.465 e. The maximum atomic E-state index is 11.4. The largest absolute Gasteiger partial charge is 0.465 e. The summed E-state index contributed by atoms with van der Waals surface area (Å²) in [4.78, 5) is 11.4. The van der Waals surface area contributed by atoms with Gasteiger partial charge in [-0.15, -0.1) is 0 Å². The van der Waals surface area contributed by atoms with Crippen LogP contribution in [0.5, 0.6) is 0 Å². The second-order valence-electron chi connectivity index (χ2n) is 3.18. The van der Waals surface area contributed by atoms with Crippen LogP contribution in [0, 0.1) is 11.3 Å². The maximum Gasteiger partial charge on any atom is 0.349 e. The summed E-state index contributed by atoms with van der Waals surface area (Å²) in [6.07, 6.45) is 2.93. The van der Waals surface area contributed by atoms with Crippen molar-refractivity contribution in [1.82, 2.24) is 0 Å². The summed E-state index contributed by atoms with van der Waals surface area (Å²) < 4.78 is 9.78. The first-order valence-corrected chi connectivity index (χ1v) is 5.00. The monoisotopic (exact) mass is 219 g/mol. The molecule has 0 spiro atoms. The molecular formula is C12H13NO3. The van der Waals surface area contributed by atoms with Gasteiger partial charge < -0.3 is 9.15 Å². The zero-order valence-corrected chi connectivity index (χ0v) is 9.32. The van der Waals surface area contributed by atoms with E-state index >= 15 is 0 Å². The van der Waals surface area contributed by atoms with Crippen molar-refractivity contribution in [3.63, 3.8) is 0 Å². The fourth-order valence-electron chi connectivity index (χ4n) is 1.41. The molecule has 84 valence electrons. The van der Waals surface area contributed by atoms with Crippen molar-refractivity contribution in [1.29, 1.82) is 5.26 Å². The molecule has 0 radical (unpaired) electrons. The Bertz CT molecular complexity index is 424. The molecule has 1 aromatic heterocycles. The number of carbonyl (C=O) groups is 1. The highest BCUT2D eigenvalue weighted by molar-refractivity contribution is 6.01. The molecule has 0 bridgehead atoms. The summed E-state index contributed by atoms with van der Waals surface area (Å²) in [5, 5.41) is 8.97. The van der Waals surface area contributed by atoms with Crippen molar-refractivity contribution >= 4 is 11.5 Å². The molecule has 0 aliphatic carbocycles. The molecule has 0 atom stereocenters. The third kappa shape index (κ3) is 2.51. The molecule has 0 amide bonds. The average Bonchev–Trinajstić information content (AvgIpc) is 2.81. The Hall–Kier alpha value is -2.02. The van der Waals surface area contributed by atoms with Gasteiger partial charge in [0.05, 0.1) is 13.4 Å². The standard InChI is InChI=1S/C12H13NO3/c1-3-5-9(11-6-4-7-16-11)10(8-13)12(14)15-2/h4,6-7H,3,5H2,1-2H3/b10-9+. The van der Waals surface area contributed by atoms with E-state index in [4.69, 9.17) is 9.68 Å². The SMILES string of the molecule is CCC/C(=C(/C#N)C(=O)OC)c1ccco1. The number of furan rings is 1. The van der Waals surface area contributed by atoms with Crippen molar-refractivity contribution in [2.45, 2.75) is 19.8 Å². The first-order valence-electron chi connectivity index (χ1n) is 5.00. The third-order valence-electron chi connectivity index (χ3n) is 2.12. The molecule has 1 aromatic rings. The van der Waals surface area contributed by atoms with E-state index in [0.29, 0.717) is 17.8 Å². The molecule has 0 saturated heterocycles. The van der Waals surface area contributed by atoms with E-state index in [1.54, 1.807) is 12.1 Å². The second-order valence-corrected chi connectivity index (χ2v) is 3.18. The van der Waals surface area contributed by atoms with Crippen molar-refractivity contribution in [3.05, 3.63) is 29.7 Å². The zero-order valence-electron chi connectivity index (χ0n) is 9.32. The number of rotatable bonds is 4. The molecule has 0 unspecified atom stereocenters. The summed E-state index contributed by atoms with van der Waals surface area (Å²) in [5.41, 5.74) is 0.612. The van der Waals surface area contributed by atoms with E-state index in [0.717, 1.165) is 6.42 Å². The summed E-state index contributed by atoms with van der Waals surface area (Å²) in [6.45, 7) is 1.97. The van der Waals surface area contributed by atoms with Crippen LogP contribution in [0.3, 0.4) is 0 Å². The molecule has 0 fully saturated rings. The van der Waals surface area contributed by atoms with Gasteiger partial charge in [0.1, 0.15) is 17.4 Å². The minimum absolute atomic E-state index is 0.0132. The van der Waals surface area contributed by atoms with Gasteiger partial charge in [0.15, 0.2) is 0 Å². The fourth-order valence-corrected chi connectivity index (χ4v) is 1.41. The van der Waals surface area contributed by atoms with Gasteiger partial charge in [-0.25, -0.2) is 4.79 Å². The summed E-state index contributed by atoms with van der Waals surface area (Å²) in [7, 11) is 1.26. The summed E-state index contributed by atoms with van der Waals surface area (Å²) >= 11 is 0. The molecule has 0 aromatic carbocycles. The van der Waals surface area contributed by atoms with Crippen LogP contribution in [0.4, 0.5) is 0 Å². The van der Waals surface area contributed by atoms with Gasteiger partial charge in [0.2, 0.25) is 0 Å². The Morgan fingerprint density at radius 2 is 2.38 bits per heavy atom. The number of methoxy groups -OCH3 is 1. The smallest absolute Gasteiger partial charge is 0.349 e. The summed E-state index contributed by atoms with van der Waals surface area (Å²) in [6, 6.07) is 5.32. The molecule has 0 saturated carbocycles. The van der Waals surface area contributed by atoms with E-state index in [1.807, 2.05) is 13.0 Å². The first-order chi connectivity index (χ1) is 7.74. The highest BCUT2D eigenvalue weighted by Gasteiger charge is 2.18. The summed E-state index contributed by atoms with van der Waals surface area (Å²) in [5.74, 6) is -0.0776. The molecule has 1 heterocycles. The molecule has 4 nitrogen and oxygen atoms in total. The Labute approximate surface area is 94.1 Å². The molecule has 1 rings (SSSR count). The highest BCUT2D eigenvalue weighted by atomic mass is 16.5. The Balaban J connectivity index is 3.22. The van der Waals surface area contributed by atoms with E-state index in [-0.39, 0.29) is 5.57 Å². The number of ether oxygens (including phenoxy) is 1. The lowest BCUT2D eigenvalue weighted by molar-refractivity contribution is -0.135. The Morgan fingerprint density at radius 1 is 1.62 bits per heavy atom. The number of esters is 1. The van der Waals surface area contributed by atoms with Crippen molar-refractivity contribution in [2.24, 2.45) is 0 Å². The van der Waals surface area contributed by atoms with Gasteiger partial charge in [-0.1, -0.05) is 13.3 Å². The van der Waals surface area contributed by atoms with E-state index in [2.05, 4.69) is 4.74 Å². The number of nitriles is 1. The highest BCUT2D eigenvalue weighted by Crippen LogP contribution is 2.24. The van der Waals surface area contributed by atoms with Crippen LogP contribution in [0.1, 0.15) is 25.5 Å². The topological polar surface area (TPSA) is 63.2 Å². The average molecular weight is 219 g/mol. The maximum absolute atomic E-state index is 11.4. The quantitative estimate of drug-likeness (QED) is 0.443. The second kappa shape index (κ2) is 5.76. The number of allylic oxidation sites excluding steroid dienone is 1. The van der Waals surface area contributed by atoms with Crippen molar-refractivity contribution in [3.8, 4) is 6.07 Å². The lowest BCUT2D eigenvalue weighted by Gasteiger charge is -2.05. The van der Waals surface area contributed by atoms with Gasteiger partial charge in [0.25, 0.3) is 0 Å². The molecular weight excluding hydrogens is 206 g/mol. The normalized spacial score (nSPS) is 11.6. The minimum atomic E-state index is -0.623. The van der Waals surface area contributed by atoms with Crippen LogP contribution in [-0.2, 0) is 9.53 Å². The number of nitrogens with zero attached hydrogens (tertiary/aromatic N) is 1. The number of hydrogen-bond acceptors (Lipinski definition) is 4. The lowest BCUT2D eigenvalue weighted by atomic mass is 10.0. The van der Waals surface area contributed by atoms with Crippen molar-refractivity contribution < 1.29 is 13.9 Å². The van der Waals surface area contributed by atoms with Crippen LogP contribution >= 0.6 is 0 Å². The number of hydrogen-bond donors (Lipinski definition) is 0. The molecule has 16 heavy (non-hydrogen) atoms. The Kier molecular flexibility index (Phi) is 4.34. The van der Waals surface area contributed by atoms with Crippen LogP contribution < -0.4 is 0 Å². The van der Waals surface area contributed by atoms with Gasteiger partial charge >= 0.3 is 5.97 Å². The lowest BCUT2D eigenvalue weighted by Crippen LogP contribution is -2.06. The predicted molar refractivity (Wildman–Crippen MR) is 58.2 cm³/mol.